The van der Waals surface area contributed by atoms with Crippen molar-refractivity contribution >= 4 is 35.8 Å². The fourth-order valence-corrected chi connectivity index (χ4v) is 2.37. The van der Waals surface area contributed by atoms with Gasteiger partial charge in [0.25, 0.3) is 0 Å². The molecule has 1 aliphatic heterocycles. The average Bonchev–Trinajstić information content (AvgIpc) is 2.59. The molecule has 0 radical (unpaired) electrons. The molecule has 0 aromatic carbocycles. The summed E-state index contributed by atoms with van der Waals surface area (Å²) in [5, 5.41) is 6.65. The van der Waals surface area contributed by atoms with Crippen molar-refractivity contribution in [1.29, 1.82) is 0 Å². The summed E-state index contributed by atoms with van der Waals surface area (Å²) in [6, 6.07) is 6.04. The van der Waals surface area contributed by atoms with Gasteiger partial charge in [-0.1, -0.05) is 6.07 Å². The highest BCUT2D eigenvalue weighted by Crippen LogP contribution is 2.07. The van der Waals surface area contributed by atoms with Crippen molar-refractivity contribution in [2.75, 3.05) is 65.4 Å². The number of aliphatic imine (C=N–C) groups is 1. The third-order valence-corrected chi connectivity index (χ3v) is 3.74. The molecule has 1 saturated heterocycles. The molecule has 136 valence electrons. The largest absolute Gasteiger partial charge is 0.379 e. The highest BCUT2D eigenvalue weighted by atomic mass is 127. The molecule has 0 spiro atoms. The molecule has 1 fully saturated rings. The maximum absolute atomic E-state index is 5.35. The summed E-state index contributed by atoms with van der Waals surface area (Å²) in [6.07, 6.45) is 0. The number of nitrogens with one attached hydrogen (secondary N) is 2. The van der Waals surface area contributed by atoms with Crippen LogP contribution in [0.3, 0.4) is 0 Å². The standard InChI is InChI=1S/C16H28N6O.HI/c1-17-16(18-7-8-22-9-11-23-12-10-22)19-13-14-5-4-6-15(20-14)21(2)3;/h4-6H,7-13H2,1-3H3,(H2,17,18,19);1H. The fraction of sp³-hybridized carbons (Fsp3) is 0.625. The number of rotatable bonds is 6. The third kappa shape index (κ3) is 7.18. The lowest BCUT2D eigenvalue weighted by Gasteiger charge is -2.26. The van der Waals surface area contributed by atoms with Gasteiger partial charge in [-0.3, -0.25) is 9.89 Å². The number of anilines is 1. The second-order valence-electron chi connectivity index (χ2n) is 5.69. The van der Waals surface area contributed by atoms with Crippen molar-refractivity contribution in [3.05, 3.63) is 23.9 Å². The van der Waals surface area contributed by atoms with Crippen molar-refractivity contribution in [2.24, 2.45) is 4.99 Å². The number of nitrogens with zero attached hydrogens (tertiary/aromatic N) is 4. The smallest absolute Gasteiger partial charge is 0.191 e. The van der Waals surface area contributed by atoms with E-state index in [0.717, 1.165) is 56.9 Å². The van der Waals surface area contributed by atoms with Crippen molar-refractivity contribution in [3.8, 4) is 0 Å². The molecular formula is C16H29IN6O. The Morgan fingerprint density at radius 3 is 2.71 bits per heavy atom. The van der Waals surface area contributed by atoms with Crippen LogP contribution in [0.15, 0.2) is 23.2 Å². The van der Waals surface area contributed by atoms with Crippen LogP contribution in [0.2, 0.25) is 0 Å². The number of ether oxygens (including phenoxy) is 1. The van der Waals surface area contributed by atoms with Gasteiger partial charge in [-0.15, -0.1) is 24.0 Å². The van der Waals surface area contributed by atoms with Crippen molar-refractivity contribution < 1.29 is 4.74 Å². The molecule has 2 N–H and O–H groups in total. The van der Waals surface area contributed by atoms with E-state index in [1.165, 1.54) is 0 Å². The van der Waals surface area contributed by atoms with Crippen LogP contribution in [-0.4, -0.2) is 76.4 Å². The first kappa shape index (κ1) is 20.9. The summed E-state index contributed by atoms with van der Waals surface area (Å²) in [7, 11) is 5.77. The number of morpholine rings is 1. The van der Waals surface area contributed by atoms with Gasteiger partial charge in [0.05, 0.1) is 25.5 Å². The molecular weight excluding hydrogens is 419 g/mol. The number of aromatic nitrogens is 1. The van der Waals surface area contributed by atoms with Gasteiger partial charge < -0.3 is 20.3 Å². The van der Waals surface area contributed by atoms with Crippen LogP contribution in [0.1, 0.15) is 5.69 Å². The van der Waals surface area contributed by atoms with Gasteiger partial charge in [0.15, 0.2) is 5.96 Å². The minimum Gasteiger partial charge on any atom is -0.379 e. The molecule has 1 aliphatic rings. The zero-order chi connectivity index (χ0) is 16.5. The van der Waals surface area contributed by atoms with E-state index < -0.39 is 0 Å². The normalized spacial score (nSPS) is 15.5. The maximum atomic E-state index is 5.35. The number of hydrogen-bond acceptors (Lipinski definition) is 5. The van der Waals surface area contributed by atoms with E-state index in [-0.39, 0.29) is 24.0 Å². The second-order valence-corrected chi connectivity index (χ2v) is 5.69. The first-order valence-electron chi connectivity index (χ1n) is 8.07. The summed E-state index contributed by atoms with van der Waals surface area (Å²) in [5.74, 6) is 1.76. The fourth-order valence-electron chi connectivity index (χ4n) is 2.37. The lowest BCUT2D eigenvalue weighted by molar-refractivity contribution is 0.0389. The van der Waals surface area contributed by atoms with Gasteiger partial charge in [0.1, 0.15) is 5.82 Å². The zero-order valence-corrected chi connectivity index (χ0v) is 17.1. The van der Waals surface area contributed by atoms with Crippen molar-refractivity contribution in [3.63, 3.8) is 0 Å². The van der Waals surface area contributed by atoms with Gasteiger partial charge in [-0.2, -0.15) is 0 Å². The molecule has 0 saturated carbocycles. The number of guanidine groups is 1. The summed E-state index contributed by atoms with van der Waals surface area (Å²) < 4.78 is 5.35. The molecule has 1 aromatic heterocycles. The first-order valence-corrected chi connectivity index (χ1v) is 8.07. The summed E-state index contributed by atoms with van der Waals surface area (Å²) in [4.78, 5) is 13.2. The topological polar surface area (TPSA) is 65.0 Å². The molecule has 2 heterocycles. The monoisotopic (exact) mass is 448 g/mol. The summed E-state index contributed by atoms with van der Waals surface area (Å²) in [6.45, 7) is 6.20. The lowest BCUT2D eigenvalue weighted by atomic mass is 10.3. The Morgan fingerprint density at radius 1 is 1.29 bits per heavy atom. The van der Waals surface area contributed by atoms with E-state index >= 15 is 0 Å². The minimum atomic E-state index is 0. The van der Waals surface area contributed by atoms with Crippen LogP contribution in [0.4, 0.5) is 5.82 Å². The van der Waals surface area contributed by atoms with Gasteiger partial charge in [-0.25, -0.2) is 4.98 Å². The molecule has 24 heavy (non-hydrogen) atoms. The molecule has 0 bridgehead atoms. The van der Waals surface area contributed by atoms with Crippen LogP contribution in [0.25, 0.3) is 0 Å². The molecule has 0 unspecified atom stereocenters. The van der Waals surface area contributed by atoms with Crippen LogP contribution < -0.4 is 15.5 Å². The summed E-state index contributed by atoms with van der Waals surface area (Å²) >= 11 is 0. The van der Waals surface area contributed by atoms with Crippen molar-refractivity contribution in [2.45, 2.75) is 6.54 Å². The first-order chi connectivity index (χ1) is 11.2. The predicted octanol–water partition coefficient (Wildman–Crippen LogP) is 0.763. The Balaban J connectivity index is 0.00000288. The van der Waals surface area contributed by atoms with Crippen LogP contribution >= 0.6 is 24.0 Å². The molecule has 2 rings (SSSR count). The predicted molar refractivity (Wildman–Crippen MR) is 109 cm³/mol. The van der Waals surface area contributed by atoms with Crippen LogP contribution in [0.5, 0.6) is 0 Å². The van der Waals surface area contributed by atoms with E-state index in [1.807, 2.05) is 37.2 Å². The summed E-state index contributed by atoms with van der Waals surface area (Å²) in [5.41, 5.74) is 0.993. The molecule has 0 amide bonds. The third-order valence-electron chi connectivity index (χ3n) is 3.74. The van der Waals surface area contributed by atoms with Crippen LogP contribution in [-0.2, 0) is 11.3 Å². The number of hydrogen-bond donors (Lipinski definition) is 2. The van der Waals surface area contributed by atoms with Gasteiger partial charge in [-0.05, 0) is 12.1 Å². The van der Waals surface area contributed by atoms with E-state index in [4.69, 9.17) is 4.74 Å². The van der Waals surface area contributed by atoms with Gasteiger partial charge >= 0.3 is 0 Å². The van der Waals surface area contributed by atoms with Gasteiger partial charge in [0, 0.05) is 47.3 Å². The minimum absolute atomic E-state index is 0. The molecule has 0 aliphatic carbocycles. The molecule has 8 heteroatoms. The van der Waals surface area contributed by atoms with E-state index in [0.29, 0.717) is 6.54 Å². The van der Waals surface area contributed by atoms with E-state index in [1.54, 1.807) is 7.05 Å². The maximum Gasteiger partial charge on any atom is 0.191 e. The van der Waals surface area contributed by atoms with Crippen LogP contribution in [0, 0.1) is 0 Å². The molecule has 0 atom stereocenters. The van der Waals surface area contributed by atoms with E-state index in [9.17, 15) is 0 Å². The quantitative estimate of drug-likeness (QED) is 0.381. The Bertz CT molecular complexity index is 505. The average molecular weight is 448 g/mol. The highest BCUT2D eigenvalue weighted by Gasteiger charge is 2.09. The second kappa shape index (κ2) is 11.4. The zero-order valence-electron chi connectivity index (χ0n) is 14.8. The highest BCUT2D eigenvalue weighted by molar-refractivity contribution is 14.0. The Hall–Kier alpha value is -1.13. The van der Waals surface area contributed by atoms with Gasteiger partial charge in [0.2, 0.25) is 0 Å². The SMILES string of the molecule is CN=C(NCCN1CCOCC1)NCc1cccc(N(C)C)n1.I. The number of pyridine rings is 1. The lowest BCUT2D eigenvalue weighted by Crippen LogP contribution is -2.44. The molecule has 1 aromatic rings. The Kier molecular flexibility index (Phi) is 9.96. The van der Waals surface area contributed by atoms with E-state index in [2.05, 4.69) is 25.5 Å². The number of halogens is 1. The molecule has 7 nitrogen and oxygen atoms in total. The Morgan fingerprint density at radius 2 is 2.04 bits per heavy atom. The van der Waals surface area contributed by atoms with Crippen molar-refractivity contribution in [1.82, 2.24) is 20.5 Å². The Labute approximate surface area is 161 Å².